The molecule has 1 aliphatic heterocycles. The summed E-state index contributed by atoms with van der Waals surface area (Å²) in [5, 5.41) is 12.4. The number of para-hydroxylation sites is 1. The molecule has 0 atom stereocenters. The summed E-state index contributed by atoms with van der Waals surface area (Å²) in [6.45, 7) is 0.203. The van der Waals surface area contributed by atoms with E-state index in [0.29, 0.717) is 17.1 Å². The Morgan fingerprint density at radius 2 is 1.92 bits per heavy atom. The first-order chi connectivity index (χ1) is 12.5. The van der Waals surface area contributed by atoms with Crippen molar-refractivity contribution in [1.82, 2.24) is 10.2 Å². The van der Waals surface area contributed by atoms with Crippen LogP contribution in [0.4, 0.5) is 4.39 Å². The van der Waals surface area contributed by atoms with Crippen molar-refractivity contribution in [2.24, 2.45) is 0 Å². The van der Waals surface area contributed by atoms with Gasteiger partial charge in [0.2, 0.25) is 0 Å². The number of benzene rings is 2. The minimum absolute atomic E-state index is 0.0365. The van der Waals surface area contributed by atoms with Gasteiger partial charge in [-0.1, -0.05) is 18.2 Å². The average molecular weight is 356 g/mol. The Balaban J connectivity index is 1.70. The van der Waals surface area contributed by atoms with Crippen LogP contribution in [0.3, 0.4) is 0 Å². The molecule has 0 radical (unpaired) electrons. The lowest BCUT2D eigenvalue weighted by Crippen LogP contribution is -2.28. The van der Waals surface area contributed by atoms with Crippen LogP contribution in [0.25, 0.3) is 0 Å². The number of amides is 2. The monoisotopic (exact) mass is 356 g/mol. The first-order valence-electron chi connectivity index (χ1n) is 7.93. The summed E-state index contributed by atoms with van der Waals surface area (Å²) in [6, 6.07) is 12.7. The van der Waals surface area contributed by atoms with E-state index in [4.69, 9.17) is 4.74 Å². The van der Waals surface area contributed by atoms with E-state index in [-0.39, 0.29) is 24.5 Å². The molecule has 134 valence electrons. The molecule has 0 aromatic heterocycles. The van der Waals surface area contributed by atoms with Crippen LogP contribution in [0.5, 0.6) is 11.5 Å². The van der Waals surface area contributed by atoms with E-state index < -0.39 is 17.6 Å². The zero-order chi connectivity index (χ0) is 18.7. The highest BCUT2D eigenvalue weighted by Gasteiger charge is 2.31. The minimum Gasteiger partial charge on any atom is -0.503 e. The number of nitrogens with one attached hydrogen (secondary N) is 1. The van der Waals surface area contributed by atoms with Crippen LogP contribution >= 0.6 is 0 Å². The first-order valence-corrected chi connectivity index (χ1v) is 7.93. The van der Waals surface area contributed by atoms with Crippen molar-refractivity contribution in [3.8, 4) is 11.5 Å². The van der Waals surface area contributed by atoms with Crippen molar-refractivity contribution in [3.05, 3.63) is 71.2 Å². The number of aliphatic hydroxyl groups excluding tert-OH is 1. The van der Waals surface area contributed by atoms with Crippen LogP contribution in [-0.2, 0) is 16.1 Å². The Labute approximate surface area is 149 Å². The molecule has 1 heterocycles. The van der Waals surface area contributed by atoms with Gasteiger partial charge in [0.25, 0.3) is 11.8 Å². The number of aliphatic hydroxyl groups is 1. The highest BCUT2D eigenvalue weighted by atomic mass is 19.1. The van der Waals surface area contributed by atoms with Crippen molar-refractivity contribution < 1.29 is 23.8 Å². The molecule has 0 bridgehead atoms. The topological polar surface area (TPSA) is 78.9 Å². The van der Waals surface area contributed by atoms with Gasteiger partial charge < -0.3 is 20.1 Å². The molecule has 0 saturated heterocycles. The van der Waals surface area contributed by atoms with Crippen molar-refractivity contribution >= 4 is 11.8 Å². The van der Waals surface area contributed by atoms with Gasteiger partial charge in [0, 0.05) is 19.2 Å². The van der Waals surface area contributed by atoms with Gasteiger partial charge in [-0.05, 0) is 30.3 Å². The Morgan fingerprint density at radius 1 is 1.23 bits per heavy atom. The molecule has 0 fully saturated rings. The zero-order valence-electron chi connectivity index (χ0n) is 14.0. The highest BCUT2D eigenvalue weighted by molar-refractivity contribution is 6.06. The van der Waals surface area contributed by atoms with Crippen molar-refractivity contribution in [3.63, 3.8) is 0 Å². The van der Waals surface area contributed by atoms with E-state index in [2.05, 4.69) is 5.32 Å². The van der Waals surface area contributed by atoms with E-state index in [0.717, 1.165) is 0 Å². The number of likely N-dealkylation sites (N-methyl/N-ethyl adjacent to an activating group) is 1. The summed E-state index contributed by atoms with van der Waals surface area (Å²) in [5.41, 5.74) is 0.734. The van der Waals surface area contributed by atoms with Gasteiger partial charge in [0.05, 0.1) is 12.1 Å². The van der Waals surface area contributed by atoms with Gasteiger partial charge in [-0.15, -0.1) is 0 Å². The SMILES string of the molecule is CN1CC(C(=O)NCc2ccccc2Oc2ccc(F)cc2)=C(O)C1=O. The zero-order valence-corrected chi connectivity index (χ0v) is 14.0. The largest absolute Gasteiger partial charge is 0.503 e. The maximum Gasteiger partial charge on any atom is 0.289 e. The van der Waals surface area contributed by atoms with Crippen LogP contribution in [0.2, 0.25) is 0 Å². The third-order valence-electron chi connectivity index (χ3n) is 3.96. The fourth-order valence-electron chi connectivity index (χ4n) is 2.53. The molecule has 2 amide bonds. The minimum atomic E-state index is -0.574. The first kappa shape index (κ1) is 17.5. The summed E-state index contributed by atoms with van der Waals surface area (Å²) in [5.74, 6) is -0.999. The third-order valence-corrected chi connectivity index (χ3v) is 3.96. The van der Waals surface area contributed by atoms with E-state index in [1.165, 1.54) is 36.2 Å². The molecule has 7 heteroatoms. The van der Waals surface area contributed by atoms with Crippen LogP contribution in [0.15, 0.2) is 59.9 Å². The summed E-state index contributed by atoms with van der Waals surface area (Å²) in [7, 11) is 1.50. The van der Waals surface area contributed by atoms with E-state index in [9.17, 15) is 19.1 Å². The van der Waals surface area contributed by atoms with Gasteiger partial charge in [0.1, 0.15) is 17.3 Å². The van der Waals surface area contributed by atoms with Crippen LogP contribution in [-0.4, -0.2) is 35.4 Å². The molecule has 2 aromatic carbocycles. The second kappa shape index (κ2) is 7.26. The second-order valence-corrected chi connectivity index (χ2v) is 5.83. The molecular formula is C19H17FN2O4. The van der Waals surface area contributed by atoms with E-state index in [1.54, 1.807) is 24.3 Å². The number of ether oxygens (including phenoxy) is 1. The molecular weight excluding hydrogens is 339 g/mol. The summed E-state index contributed by atoms with van der Waals surface area (Å²) >= 11 is 0. The lowest BCUT2D eigenvalue weighted by atomic mass is 10.2. The van der Waals surface area contributed by atoms with Gasteiger partial charge in [-0.2, -0.15) is 0 Å². The maximum atomic E-state index is 13.0. The lowest BCUT2D eigenvalue weighted by molar-refractivity contribution is -0.126. The quantitative estimate of drug-likeness (QED) is 0.863. The number of hydrogen-bond acceptors (Lipinski definition) is 4. The van der Waals surface area contributed by atoms with E-state index in [1.807, 2.05) is 0 Å². The molecule has 6 nitrogen and oxygen atoms in total. The lowest BCUT2D eigenvalue weighted by Gasteiger charge is -2.12. The smallest absolute Gasteiger partial charge is 0.289 e. The van der Waals surface area contributed by atoms with E-state index >= 15 is 0 Å². The number of carbonyl (C=O) groups excluding carboxylic acids is 2. The number of halogens is 1. The average Bonchev–Trinajstić information content (AvgIpc) is 2.90. The highest BCUT2D eigenvalue weighted by Crippen LogP contribution is 2.25. The third kappa shape index (κ3) is 3.66. The standard InChI is InChI=1S/C19H17FN2O4/c1-22-11-15(17(23)19(22)25)18(24)21-10-12-4-2-3-5-16(12)26-14-8-6-13(20)7-9-14/h2-9,23H,10-11H2,1H3,(H,21,24). The normalized spacial score (nSPS) is 13.9. The predicted molar refractivity (Wildman–Crippen MR) is 92.1 cm³/mol. The number of carbonyl (C=O) groups is 2. The molecule has 0 aliphatic carbocycles. The molecule has 0 spiro atoms. The Morgan fingerprint density at radius 3 is 2.58 bits per heavy atom. The number of hydrogen-bond donors (Lipinski definition) is 2. The molecule has 0 unspecified atom stereocenters. The van der Waals surface area contributed by atoms with Crippen molar-refractivity contribution in [1.29, 1.82) is 0 Å². The fourth-order valence-corrected chi connectivity index (χ4v) is 2.53. The molecule has 2 N–H and O–H groups in total. The Hall–Kier alpha value is -3.35. The molecule has 0 saturated carbocycles. The molecule has 2 aromatic rings. The second-order valence-electron chi connectivity index (χ2n) is 5.83. The molecule has 1 aliphatic rings. The van der Waals surface area contributed by atoms with Gasteiger partial charge >= 0.3 is 0 Å². The van der Waals surface area contributed by atoms with Gasteiger partial charge in [0.15, 0.2) is 5.76 Å². The van der Waals surface area contributed by atoms with Crippen molar-refractivity contribution in [2.75, 3.05) is 13.6 Å². The summed E-state index contributed by atoms with van der Waals surface area (Å²) in [4.78, 5) is 25.1. The fraction of sp³-hybridized carbons (Fsp3) is 0.158. The molecule has 3 rings (SSSR count). The van der Waals surface area contributed by atoms with Crippen LogP contribution in [0, 0.1) is 5.82 Å². The predicted octanol–water partition coefficient (Wildman–Crippen LogP) is 2.52. The van der Waals surface area contributed by atoms with Gasteiger partial charge in [-0.3, -0.25) is 9.59 Å². The Kier molecular flexibility index (Phi) is 4.88. The van der Waals surface area contributed by atoms with Crippen LogP contribution in [0.1, 0.15) is 5.56 Å². The number of nitrogens with zero attached hydrogens (tertiary/aromatic N) is 1. The Bertz CT molecular complexity index is 877. The van der Waals surface area contributed by atoms with Crippen LogP contribution < -0.4 is 10.1 Å². The van der Waals surface area contributed by atoms with Gasteiger partial charge in [-0.25, -0.2) is 4.39 Å². The summed E-state index contributed by atoms with van der Waals surface area (Å²) < 4.78 is 18.7. The summed E-state index contributed by atoms with van der Waals surface area (Å²) in [6.07, 6.45) is 0. The maximum absolute atomic E-state index is 13.0. The number of rotatable bonds is 5. The molecule has 26 heavy (non-hydrogen) atoms. The van der Waals surface area contributed by atoms with Crippen molar-refractivity contribution in [2.45, 2.75) is 6.54 Å².